The predicted molar refractivity (Wildman–Crippen MR) is 40.2 cm³/mol. The third-order valence-electron chi connectivity index (χ3n) is 1.94. The molecule has 2 N–H and O–H groups in total. The van der Waals surface area contributed by atoms with Crippen LogP contribution in [-0.4, -0.2) is 6.54 Å². The van der Waals surface area contributed by atoms with E-state index in [9.17, 15) is 0 Å². The van der Waals surface area contributed by atoms with Crippen molar-refractivity contribution in [2.24, 2.45) is 11.7 Å². The van der Waals surface area contributed by atoms with E-state index < -0.39 is 0 Å². The first-order valence-corrected chi connectivity index (χ1v) is 3.80. The molecule has 52 valence electrons. The third-order valence-corrected chi connectivity index (χ3v) is 1.94. The molecule has 0 unspecified atom stereocenters. The zero-order valence-corrected chi connectivity index (χ0v) is 5.84. The summed E-state index contributed by atoms with van der Waals surface area (Å²) in [6, 6.07) is 0. The Morgan fingerprint density at radius 3 is 2.56 bits per heavy atom. The van der Waals surface area contributed by atoms with Crippen LogP contribution in [0.25, 0.3) is 0 Å². The molecule has 0 aromatic heterocycles. The molecule has 0 bridgehead atoms. The maximum Gasteiger partial charge on any atom is 0.0106 e. The molecule has 9 heavy (non-hydrogen) atoms. The molecule has 0 spiro atoms. The Morgan fingerprint density at radius 2 is 2.00 bits per heavy atom. The monoisotopic (exact) mass is 125 g/mol. The smallest absolute Gasteiger partial charge is 0.0106 e. The van der Waals surface area contributed by atoms with Gasteiger partial charge in [0.25, 0.3) is 0 Å². The lowest BCUT2D eigenvalue weighted by Crippen LogP contribution is -1.94. The van der Waals surface area contributed by atoms with Crippen LogP contribution in [0.1, 0.15) is 25.7 Å². The van der Waals surface area contributed by atoms with Gasteiger partial charge in [-0.15, -0.1) is 0 Å². The minimum atomic E-state index is 0.705. The van der Waals surface area contributed by atoms with Crippen molar-refractivity contribution in [3.05, 3.63) is 12.2 Å². The van der Waals surface area contributed by atoms with Gasteiger partial charge >= 0.3 is 0 Å². The molecule has 0 aromatic rings. The van der Waals surface area contributed by atoms with E-state index in [1.54, 1.807) is 0 Å². The van der Waals surface area contributed by atoms with Gasteiger partial charge in [0, 0.05) is 6.54 Å². The van der Waals surface area contributed by atoms with Crippen molar-refractivity contribution in [3.8, 4) is 0 Å². The van der Waals surface area contributed by atoms with Crippen molar-refractivity contribution >= 4 is 0 Å². The molecule has 0 aromatic carbocycles. The van der Waals surface area contributed by atoms with Crippen molar-refractivity contribution in [2.75, 3.05) is 6.54 Å². The summed E-state index contributed by atoms with van der Waals surface area (Å²) in [6.45, 7) is 0.705. The van der Waals surface area contributed by atoms with Crippen molar-refractivity contribution in [1.82, 2.24) is 0 Å². The summed E-state index contributed by atoms with van der Waals surface area (Å²) in [4.78, 5) is 0. The van der Waals surface area contributed by atoms with E-state index in [-0.39, 0.29) is 0 Å². The van der Waals surface area contributed by atoms with Crippen LogP contribution in [0.2, 0.25) is 0 Å². The molecule has 1 nitrogen and oxygen atoms in total. The molecular weight excluding hydrogens is 110 g/mol. The first kappa shape index (κ1) is 6.81. The summed E-state index contributed by atoms with van der Waals surface area (Å²) in [5, 5.41) is 0. The van der Waals surface area contributed by atoms with E-state index in [4.69, 9.17) is 5.73 Å². The van der Waals surface area contributed by atoms with Gasteiger partial charge in [0.15, 0.2) is 0 Å². The van der Waals surface area contributed by atoms with Crippen LogP contribution in [0.4, 0.5) is 0 Å². The molecule has 0 aliphatic heterocycles. The number of nitrogens with two attached hydrogens (primary N) is 1. The molecule has 1 fully saturated rings. The van der Waals surface area contributed by atoms with Gasteiger partial charge in [-0.3, -0.25) is 0 Å². The van der Waals surface area contributed by atoms with Crippen LogP contribution in [-0.2, 0) is 0 Å². The van der Waals surface area contributed by atoms with Crippen LogP contribution in [0, 0.1) is 5.92 Å². The van der Waals surface area contributed by atoms with Crippen LogP contribution in [0.5, 0.6) is 0 Å². The minimum absolute atomic E-state index is 0.705. The van der Waals surface area contributed by atoms with Gasteiger partial charge in [0.1, 0.15) is 0 Å². The summed E-state index contributed by atoms with van der Waals surface area (Å²) in [5.74, 6) is 0.855. The largest absolute Gasteiger partial charge is 0.327 e. The second-order valence-electron chi connectivity index (χ2n) is 2.71. The molecule has 0 heterocycles. The minimum Gasteiger partial charge on any atom is -0.327 e. The third kappa shape index (κ3) is 2.19. The van der Waals surface area contributed by atoms with E-state index >= 15 is 0 Å². The lowest BCUT2D eigenvalue weighted by Gasteiger charge is -1.97. The SMILES string of the molecule is NCC=CC1CCCC1. The summed E-state index contributed by atoms with van der Waals surface area (Å²) in [6.07, 6.45) is 9.95. The van der Waals surface area contributed by atoms with Crippen molar-refractivity contribution in [3.63, 3.8) is 0 Å². The lowest BCUT2D eigenvalue weighted by molar-refractivity contribution is 0.684. The molecule has 0 radical (unpaired) electrons. The molecule has 1 saturated carbocycles. The maximum absolute atomic E-state index is 5.32. The van der Waals surface area contributed by atoms with E-state index in [0.717, 1.165) is 5.92 Å². The van der Waals surface area contributed by atoms with Gasteiger partial charge < -0.3 is 5.73 Å². The Morgan fingerprint density at radius 1 is 1.33 bits per heavy atom. The Labute approximate surface area is 56.9 Å². The molecule has 1 rings (SSSR count). The second kappa shape index (κ2) is 3.67. The number of allylic oxidation sites excluding steroid dienone is 1. The first-order chi connectivity index (χ1) is 4.43. The standard InChI is InChI=1S/C8H15N/c9-7-3-6-8-4-1-2-5-8/h3,6,8H,1-2,4-5,7,9H2. The fourth-order valence-electron chi connectivity index (χ4n) is 1.42. The highest BCUT2D eigenvalue weighted by atomic mass is 14.5. The van der Waals surface area contributed by atoms with Crippen LogP contribution >= 0.6 is 0 Å². The van der Waals surface area contributed by atoms with Gasteiger partial charge in [0.2, 0.25) is 0 Å². The predicted octanol–water partition coefficient (Wildman–Crippen LogP) is 1.69. The average Bonchev–Trinajstić information content (AvgIpc) is 2.34. The molecule has 0 saturated heterocycles. The van der Waals surface area contributed by atoms with Gasteiger partial charge in [-0.05, 0) is 18.8 Å². The Bertz CT molecular complexity index is 90.7. The van der Waals surface area contributed by atoms with Crippen LogP contribution < -0.4 is 5.73 Å². The fourth-order valence-corrected chi connectivity index (χ4v) is 1.42. The quantitative estimate of drug-likeness (QED) is 0.558. The topological polar surface area (TPSA) is 26.0 Å². The summed E-state index contributed by atoms with van der Waals surface area (Å²) >= 11 is 0. The van der Waals surface area contributed by atoms with Crippen molar-refractivity contribution in [2.45, 2.75) is 25.7 Å². The Hall–Kier alpha value is -0.300. The normalized spacial score (nSPS) is 21.9. The van der Waals surface area contributed by atoms with Crippen molar-refractivity contribution < 1.29 is 0 Å². The van der Waals surface area contributed by atoms with E-state index in [2.05, 4.69) is 12.2 Å². The molecule has 1 aliphatic rings. The number of hydrogen-bond acceptors (Lipinski definition) is 1. The summed E-state index contributed by atoms with van der Waals surface area (Å²) in [7, 11) is 0. The van der Waals surface area contributed by atoms with E-state index in [1.165, 1.54) is 25.7 Å². The maximum atomic E-state index is 5.32. The summed E-state index contributed by atoms with van der Waals surface area (Å²) in [5.41, 5.74) is 5.32. The molecule has 0 atom stereocenters. The number of hydrogen-bond donors (Lipinski definition) is 1. The van der Waals surface area contributed by atoms with Gasteiger partial charge in [-0.1, -0.05) is 25.0 Å². The second-order valence-corrected chi connectivity index (χ2v) is 2.71. The number of rotatable bonds is 2. The summed E-state index contributed by atoms with van der Waals surface area (Å²) < 4.78 is 0. The molecular formula is C8H15N. The highest BCUT2D eigenvalue weighted by molar-refractivity contribution is 4.91. The van der Waals surface area contributed by atoms with E-state index in [0.29, 0.717) is 6.54 Å². The Kier molecular flexibility index (Phi) is 2.78. The highest BCUT2D eigenvalue weighted by Crippen LogP contribution is 2.25. The zero-order chi connectivity index (χ0) is 6.53. The van der Waals surface area contributed by atoms with E-state index in [1.807, 2.05) is 0 Å². The van der Waals surface area contributed by atoms with Gasteiger partial charge in [0.05, 0.1) is 0 Å². The Balaban J connectivity index is 2.18. The fraction of sp³-hybridized carbons (Fsp3) is 0.750. The molecule has 1 aliphatic carbocycles. The average molecular weight is 125 g/mol. The highest BCUT2D eigenvalue weighted by Gasteiger charge is 2.10. The zero-order valence-electron chi connectivity index (χ0n) is 5.84. The van der Waals surface area contributed by atoms with Crippen LogP contribution in [0.15, 0.2) is 12.2 Å². The first-order valence-electron chi connectivity index (χ1n) is 3.80. The lowest BCUT2D eigenvalue weighted by atomic mass is 10.1. The van der Waals surface area contributed by atoms with Gasteiger partial charge in [-0.25, -0.2) is 0 Å². The van der Waals surface area contributed by atoms with Crippen molar-refractivity contribution in [1.29, 1.82) is 0 Å². The molecule has 0 amide bonds. The van der Waals surface area contributed by atoms with Gasteiger partial charge in [-0.2, -0.15) is 0 Å². The van der Waals surface area contributed by atoms with Crippen LogP contribution in [0.3, 0.4) is 0 Å². The molecule has 1 heteroatoms.